The predicted molar refractivity (Wildman–Crippen MR) is 117 cm³/mol. The van der Waals surface area contributed by atoms with Crippen molar-refractivity contribution in [2.75, 3.05) is 57.8 Å². The minimum Gasteiger partial charge on any atom is -0.494 e. The third-order valence-electron chi connectivity index (χ3n) is 6.17. The summed E-state index contributed by atoms with van der Waals surface area (Å²) in [5.41, 5.74) is 1.81. The van der Waals surface area contributed by atoms with Crippen LogP contribution in [0.5, 0.6) is 5.75 Å². The summed E-state index contributed by atoms with van der Waals surface area (Å²) in [7, 11) is 1.81. The molecule has 0 atom stereocenters. The summed E-state index contributed by atoms with van der Waals surface area (Å²) in [6.07, 6.45) is -2.61. The van der Waals surface area contributed by atoms with E-state index in [1.54, 1.807) is 11.0 Å². The summed E-state index contributed by atoms with van der Waals surface area (Å²) in [4.78, 5) is 18.3. The maximum Gasteiger partial charge on any atom is 0.416 e. The molecule has 0 radical (unpaired) electrons. The number of benzene rings is 2. The highest BCUT2D eigenvalue weighted by Crippen LogP contribution is 2.32. The minimum absolute atomic E-state index is 0.0374. The third-order valence-corrected chi connectivity index (χ3v) is 6.17. The van der Waals surface area contributed by atoms with Gasteiger partial charge in [0.15, 0.2) is 0 Å². The third kappa shape index (κ3) is 5.18. The van der Waals surface area contributed by atoms with Gasteiger partial charge in [-0.15, -0.1) is 0 Å². The molecule has 4 rings (SSSR count). The lowest BCUT2D eigenvalue weighted by molar-refractivity contribution is -0.137. The number of carbonyl (C=O) groups is 1. The lowest BCUT2D eigenvalue weighted by Crippen LogP contribution is -2.46. The zero-order valence-corrected chi connectivity index (χ0v) is 18.2. The molecule has 8 heteroatoms. The van der Waals surface area contributed by atoms with Crippen LogP contribution in [0.2, 0.25) is 0 Å². The largest absolute Gasteiger partial charge is 0.494 e. The van der Waals surface area contributed by atoms with E-state index < -0.39 is 11.7 Å². The van der Waals surface area contributed by atoms with Gasteiger partial charge < -0.3 is 14.5 Å². The number of nitrogens with zero attached hydrogens (tertiary/aromatic N) is 3. The van der Waals surface area contributed by atoms with E-state index in [9.17, 15) is 18.0 Å². The SMILES string of the molecule is CN1CCc2ccc(OCCCN3CCN(c4cccc(C(F)(F)F)c4)CC3)cc2C1=O. The molecule has 0 saturated carbocycles. The van der Waals surface area contributed by atoms with E-state index in [2.05, 4.69) is 4.90 Å². The number of likely N-dealkylation sites (N-methyl/N-ethyl adjacent to an activating group) is 1. The minimum atomic E-state index is -4.32. The smallest absolute Gasteiger partial charge is 0.416 e. The van der Waals surface area contributed by atoms with Crippen LogP contribution in [0.25, 0.3) is 0 Å². The zero-order chi connectivity index (χ0) is 22.7. The van der Waals surface area contributed by atoms with Gasteiger partial charge in [0.1, 0.15) is 5.75 Å². The van der Waals surface area contributed by atoms with Crippen molar-refractivity contribution in [3.63, 3.8) is 0 Å². The van der Waals surface area contributed by atoms with Crippen LogP contribution in [0.4, 0.5) is 18.9 Å². The number of halogens is 3. The predicted octanol–water partition coefficient (Wildman–Crippen LogP) is 3.92. The molecule has 2 heterocycles. The van der Waals surface area contributed by atoms with Gasteiger partial charge in [-0.25, -0.2) is 0 Å². The second-order valence-electron chi connectivity index (χ2n) is 8.37. The number of hydrogen-bond acceptors (Lipinski definition) is 4. The molecular formula is C24H28F3N3O2. The summed E-state index contributed by atoms with van der Waals surface area (Å²) in [5, 5.41) is 0. The van der Waals surface area contributed by atoms with Gasteiger partial charge in [0, 0.05) is 57.6 Å². The molecule has 1 fully saturated rings. The van der Waals surface area contributed by atoms with Crippen molar-refractivity contribution in [3.8, 4) is 5.75 Å². The second kappa shape index (κ2) is 9.40. The molecule has 0 aromatic heterocycles. The second-order valence-corrected chi connectivity index (χ2v) is 8.37. The lowest BCUT2D eigenvalue weighted by atomic mass is 9.99. The van der Waals surface area contributed by atoms with Crippen molar-refractivity contribution in [3.05, 3.63) is 59.2 Å². The van der Waals surface area contributed by atoms with Crippen LogP contribution in [0.15, 0.2) is 42.5 Å². The van der Waals surface area contributed by atoms with Gasteiger partial charge in [-0.3, -0.25) is 9.69 Å². The Kier molecular flexibility index (Phi) is 6.60. The van der Waals surface area contributed by atoms with E-state index >= 15 is 0 Å². The van der Waals surface area contributed by atoms with E-state index in [0.717, 1.165) is 56.2 Å². The van der Waals surface area contributed by atoms with Crippen LogP contribution in [-0.2, 0) is 12.6 Å². The number of amides is 1. The van der Waals surface area contributed by atoms with Gasteiger partial charge in [0.2, 0.25) is 0 Å². The van der Waals surface area contributed by atoms with Gasteiger partial charge in [-0.05, 0) is 48.7 Å². The number of ether oxygens (including phenoxy) is 1. The monoisotopic (exact) mass is 447 g/mol. The summed E-state index contributed by atoms with van der Waals surface area (Å²) >= 11 is 0. The number of anilines is 1. The molecule has 2 aliphatic rings. The van der Waals surface area contributed by atoms with Crippen LogP contribution >= 0.6 is 0 Å². The fourth-order valence-corrected chi connectivity index (χ4v) is 4.24. The Labute approximate surface area is 186 Å². The topological polar surface area (TPSA) is 36.0 Å². The number of alkyl halides is 3. The standard InChI is InChI=1S/C24H28F3N3O2/c1-28-10-8-18-6-7-21(17-22(18)23(28)31)32-15-3-9-29-11-13-30(14-12-29)20-5-2-4-19(16-20)24(25,26)27/h2,4-7,16-17H,3,8-15H2,1H3. The van der Waals surface area contributed by atoms with Crippen LogP contribution in [-0.4, -0.2) is 68.6 Å². The first-order chi connectivity index (χ1) is 15.3. The first kappa shape index (κ1) is 22.5. The van der Waals surface area contributed by atoms with E-state index in [1.807, 2.05) is 30.1 Å². The normalized spacial score (nSPS) is 17.4. The van der Waals surface area contributed by atoms with Crippen molar-refractivity contribution in [2.24, 2.45) is 0 Å². The van der Waals surface area contributed by atoms with E-state index in [4.69, 9.17) is 4.74 Å². The summed E-state index contributed by atoms with van der Waals surface area (Å²) in [6.45, 7) is 5.16. The van der Waals surface area contributed by atoms with Gasteiger partial charge in [0.05, 0.1) is 12.2 Å². The number of carbonyl (C=O) groups excluding carboxylic acids is 1. The molecular weight excluding hydrogens is 419 g/mol. The Morgan fingerprint density at radius 3 is 2.53 bits per heavy atom. The maximum absolute atomic E-state index is 13.0. The Morgan fingerprint density at radius 1 is 1.00 bits per heavy atom. The number of hydrogen-bond donors (Lipinski definition) is 0. The van der Waals surface area contributed by atoms with Crippen LogP contribution in [0, 0.1) is 0 Å². The lowest BCUT2D eigenvalue weighted by Gasteiger charge is -2.36. The molecule has 0 unspecified atom stereocenters. The highest BCUT2D eigenvalue weighted by Gasteiger charge is 2.31. The number of piperazine rings is 1. The highest BCUT2D eigenvalue weighted by molar-refractivity contribution is 5.97. The molecule has 2 aromatic rings. The first-order valence-electron chi connectivity index (χ1n) is 11.0. The number of fused-ring (bicyclic) bond motifs is 1. The first-order valence-corrected chi connectivity index (χ1v) is 11.0. The van der Waals surface area contributed by atoms with Crippen LogP contribution in [0.1, 0.15) is 27.9 Å². The van der Waals surface area contributed by atoms with Crippen molar-refractivity contribution in [2.45, 2.75) is 19.0 Å². The molecule has 2 aliphatic heterocycles. The van der Waals surface area contributed by atoms with Crippen LogP contribution in [0.3, 0.4) is 0 Å². The fourth-order valence-electron chi connectivity index (χ4n) is 4.24. The molecule has 5 nitrogen and oxygen atoms in total. The summed E-state index contributed by atoms with van der Waals surface area (Å²) in [5.74, 6) is 0.747. The van der Waals surface area contributed by atoms with E-state index in [0.29, 0.717) is 31.1 Å². The van der Waals surface area contributed by atoms with Crippen molar-refractivity contribution in [1.82, 2.24) is 9.80 Å². The van der Waals surface area contributed by atoms with E-state index in [1.165, 1.54) is 12.1 Å². The quantitative estimate of drug-likeness (QED) is 0.629. The van der Waals surface area contributed by atoms with Gasteiger partial charge in [-0.1, -0.05) is 12.1 Å². The molecule has 172 valence electrons. The Morgan fingerprint density at radius 2 is 1.78 bits per heavy atom. The number of rotatable bonds is 6. The van der Waals surface area contributed by atoms with Crippen molar-refractivity contribution in [1.29, 1.82) is 0 Å². The zero-order valence-electron chi connectivity index (χ0n) is 18.2. The fraction of sp³-hybridized carbons (Fsp3) is 0.458. The molecule has 0 aliphatic carbocycles. The van der Waals surface area contributed by atoms with Gasteiger partial charge >= 0.3 is 6.18 Å². The molecule has 0 bridgehead atoms. The summed E-state index contributed by atoms with van der Waals surface area (Å²) in [6, 6.07) is 11.3. The molecule has 2 aromatic carbocycles. The Hall–Kier alpha value is -2.74. The van der Waals surface area contributed by atoms with Gasteiger partial charge in [-0.2, -0.15) is 13.2 Å². The summed E-state index contributed by atoms with van der Waals surface area (Å²) < 4.78 is 44.7. The average molecular weight is 448 g/mol. The maximum atomic E-state index is 13.0. The van der Waals surface area contributed by atoms with Crippen LogP contribution < -0.4 is 9.64 Å². The van der Waals surface area contributed by atoms with Crippen molar-refractivity contribution < 1.29 is 22.7 Å². The molecule has 1 amide bonds. The molecule has 0 N–H and O–H groups in total. The Balaban J connectivity index is 1.21. The van der Waals surface area contributed by atoms with Crippen molar-refractivity contribution >= 4 is 11.6 Å². The van der Waals surface area contributed by atoms with Gasteiger partial charge in [0.25, 0.3) is 5.91 Å². The Bertz CT molecular complexity index is 956. The average Bonchev–Trinajstić information content (AvgIpc) is 2.79. The molecule has 0 spiro atoms. The highest BCUT2D eigenvalue weighted by atomic mass is 19.4. The molecule has 1 saturated heterocycles. The molecule has 32 heavy (non-hydrogen) atoms. The van der Waals surface area contributed by atoms with E-state index in [-0.39, 0.29) is 5.91 Å².